The van der Waals surface area contributed by atoms with Gasteiger partial charge in [0.05, 0.1) is 28.4 Å². The number of allylic oxidation sites excluding steroid dienone is 2. The molecular formula is C31H36N2O5. The van der Waals surface area contributed by atoms with Gasteiger partial charge in [-0.15, -0.1) is 0 Å². The summed E-state index contributed by atoms with van der Waals surface area (Å²) in [4.78, 5) is 16.7. The molecule has 7 heteroatoms. The van der Waals surface area contributed by atoms with Crippen LogP contribution in [0.1, 0.15) is 36.5 Å². The van der Waals surface area contributed by atoms with E-state index in [4.69, 9.17) is 18.9 Å². The van der Waals surface area contributed by atoms with Gasteiger partial charge in [0.1, 0.15) is 0 Å². The third kappa shape index (κ3) is 7.87. The Balaban J connectivity index is 1.77. The SMILES string of the molecule is COc1ccc(C(=CC=CC(=O)N[C@H](C)CCCc2cccnc2)c2ccc(OC)c(OC)c2)cc1OC. The van der Waals surface area contributed by atoms with E-state index in [0.29, 0.717) is 23.0 Å². The Kier molecular flexibility index (Phi) is 10.8. The first-order valence-electron chi connectivity index (χ1n) is 12.5. The van der Waals surface area contributed by atoms with E-state index in [-0.39, 0.29) is 11.9 Å². The number of rotatable bonds is 13. The summed E-state index contributed by atoms with van der Waals surface area (Å²) in [5.74, 6) is 2.34. The molecule has 0 spiro atoms. The summed E-state index contributed by atoms with van der Waals surface area (Å²) in [6, 6.07) is 15.5. The molecule has 3 aromatic rings. The molecule has 0 aliphatic rings. The predicted octanol–water partition coefficient (Wildman–Crippen LogP) is 5.63. The quantitative estimate of drug-likeness (QED) is 0.234. The second kappa shape index (κ2) is 14.5. The first-order valence-corrected chi connectivity index (χ1v) is 12.5. The van der Waals surface area contributed by atoms with Crippen molar-refractivity contribution in [1.82, 2.24) is 10.3 Å². The van der Waals surface area contributed by atoms with Crippen molar-refractivity contribution in [2.75, 3.05) is 28.4 Å². The lowest BCUT2D eigenvalue weighted by Gasteiger charge is -2.14. The van der Waals surface area contributed by atoms with Crippen LogP contribution in [-0.4, -0.2) is 45.4 Å². The molecule has 0 bridgehead atoms. The summed E-state index contributed by atoms with van der Waals surface area (Å²) >= 11 is 0. The Hall–Kier alpha value is -4.26. The van der Waals surface area contributed by atoms with Gasteiger partial charge in [0, 0.05) is 24.5 Å². The smallest absolute Gasteiger partial charge is 0.244 e. The van der Waals surface area contributed by atoms with Gasteiger partial charge in [0.15, 0.2) is 23.0 Å². The number of methoxy groups -OCH3 is 4. The number of carbonyl (C=O) groups is 1. The summed E-state index contributed by atoms with van der Waals surface area (Å²) in [6.45, 7) is 2.02. The van der Waals surface area contributed by atoms with Crippen LogP contribution < -0.4 is 24.3 Å². The highest BCUT2D eigenvalue weighted by Crippen LogP contribution is 2.36. The standard InChI is InChI=1S/C31H36N2O5/c1-22(9-6-10-23-11-8-18-32-21-23)33-31(34)13-7-12-26(24-14-16-27(35-2)29(19-24)37-4)25-15-17-28(36-3)30(20-25)38-5/h7-8,11-22H,6,9-10H2,1-5H3,(H,33,34)/t22-/m1/s1. The Labute approximate surface area is 225 Å². The van der Waals surface area contributed by atoms with Gasteiger partial charge in [-0.25, -0.2) is 0 Å². The third-order valence-electron chi connectivity index (χ3n) is 6.11. The predicted molar refractivity (Wildman–Crippen MR) is 150 cm³/mol. The highest BCUT2D eigenvalue weighted by molar-refractivity contribution is 5.89. The van der Waals surface area contributed by atoms with Gasteiger partial charge in [0.25, 0.3) is 0 Å². The van der Waals surface area contributed by atoms with E-state index in [1.54, 1.807) is 46.8 Å². The zero-order valence-electron chi connectivity index (χ0n) is 22.7. The maximum absolute atomic E-state index is 12.6. The molecule has 1 aromatic heterocycles. The minimum atomic E-state index is -0.144. The molecule has 38 heavy (non-hydrogen) atoms. The molecule has 0 saturated heterocycles. The van der Waals surface area contributed by atoms with Crippen molar-refractivity contribution in [3.63, 3.8) is 0 Å². The molecule has 0 saturated carbocycles. The van der Waals surface area contributed by atoms with E-state index in [1.807, 2.05) is 61.7 Å². The van der Waals surface area contributed by atoms with E-state index in [0.717, 1.165) is 36.0 Å². The summed E-state index contributed by atoms with van der Waals surface area (Å²) < 4.78 is 21.8. The molecule has 1 N–H and O–H groups in total. The van der Waals surface area contributed by atoms with Crippen LogP contribution in [0.5, 0.6) is 23.0 Å². The molecule has 0 unspecified atom stereocenters. The average Bonchev–Trinajstić information content (AvgIpc) is 2.95. The molecular weight excluding hydrogens is 480 g/mol. The maximum atomic E-state index is 12.6. The number of ether oxygens (including phenoxy) is 4. The van der Waals surface area contributed by atoms with Crippen LogP contribution in [0.4, 0.5) is 0 Å². The lowest BCUT2D eigenvalue weighted by molar-refractivity contribution is -0.117. The number of benzene rings is 2. The number of amides is 1. The monoisotopic (exact) mass is 516 g/mol. The van der Waals surface area contributed by atoms with Gasteiger partial charge in [-0.05, 0) is 78.8 Å². The Morgan fingerprint density at radius 3 is 2.03 bits per heavy atom. The molecule has 7 nitrogen and oxygen atoms in total. The number of aromatic nitrogens is 1. The van der Waals surface area contributed by atoms with Crippen molar-refractivity contribution in [1.29, 1.82) is 0 Å². The number of aryl methyl sites for hydroxylation is 1. The fourth-order valence-corrected chi connectivity index (χ4v) is 4.12. The zero-order valence-corrected chi connectivity index (χ0v) is 22.7. The van der Waals surface area contributed by atoms with Gasteiger partial charge in [-0.2, -0.15) is 0 Å². The van der Waals surface area contributed by atoms with Crippen molar-refractivity contribution in [3.05, 3.63) is 95.8 Å². The highest BCUT2D eigenvalue weighted by Gasteiger charge is 2.13. The van der Waals surface area contributed by atoms with E-state index in [2.05, 4.69) is 16.4 Å². The Bertz CT molecular complexity index is 1200. The average molecular weight is 517 g/mol. The van der Waals surface area contributed by atoms with E-state index in [9.17, 15) is 4.79 Å². The summed E-state index contributed by atoms with van der Waals surface area (Å²) in [5, 5.41) is 3.04. The van der Waals surface area contributed by atoms with Crippen LogP contribution in [-0.2, 0) is 11.2 Å². The maximum Gasteiger partial charge on any atom is 0.244 e. The van der Waals surface area contributed by atoms with E-state index < -0.39 is 0 Å². The lowest BCUT2D eigenvalue weighted by Crippen LogP contribution is -2.31. The number of nitrogens with zero attached hydrogens (tertiary/aromatic N) is 1. The minimum absolute atomic E-state index is 0.0592. The summed E-state index contributed by atoms with van der Waals surface area (Å²) in [6.07, 6.45) is 11.6. The Morgan fingerprint density at radius 1 is 0.895 bits per heavy atom. The molecule has 0 radical (unpaired) electrons. The van der Waals surface area contributed by atoms with Crippen LogP contribution in [0.15, 0.2) is 79.2 Å². The number of hydrogen-bond donors (Lipinski definition) is 1. The molecule has 0 aliphatic heterocycles. The molecule has 1 amide bonds. The van der Waals surface area contributed by atoms with Crippen LogP contribution in [0, 0.1) is 0 Å². The zero-order chi connectivity index (χ0) is 27.3. The van der Waals surface area contributed by atoms with Crippen molar-refractivity contribution in [3.8, 4) is 23.0 Å². The van der Waals surface area contributed by atoms with Gasteiger partial charge in [-0.3, -0.25) is 9.78 Å². The van der Waals surface area contributed by atoms with E-state index in [1.165, 1.54) is 5.56 Å². The minimum Gasteiger partial charge on any atom is -0.493 e. The van der Waals surface area contributed by atoms with Crippen LogP contribution in [0.3, 0.4) is 0 Å². The molecule has 0 aliphatic carbocycles. The van der Waals surface area contributed by atoms with Crippen LogP contribution in [0.2, 0.25) is 0 Å². The van der Waals surface area contributed by atoms with Gasteiger partial charge in [0.2, 0.25) is 5.91 Å². The molecule has 3 rings (SSSR count). The normalized spacial score (nSPS) is 11.5. The van der Waals surface area contributed by atoms with Gasteiger partial charge < -0.3 is 24.3 Å². The third-order valence-corrected chi connectivity index (χ3v) is 6.11. The summed E-state index contributed by atoms with van der Waals surface area (Å²) in [7, 11) is 6.40. The molecule has 1 atom stereocenters. The number of carbonyl (C=O) groups excluding carboxylic acids is 1. The first kappa shape index (κ1) is 28.3. The summed E-state index contributed by atoms with van der Waals surface area (Å²) in [5.41, 5.74) is 3.86. The first-order chi connectivity index (χ1) is 18.5. The van der Waals surface area contributed by atoms with Crippen molar-refractivity contribution >= 4 is 11.5 Å². The van der Waals surface area contributed by atoms with Crippen molar-refractivity contribution in [2.24, 2.45) is 0 Å². The topological polar surface area (TPSA) is 78.9 Å². The number of pyridine rings is 1. The second-order valence-electron chi connectivity index (χ2n) is 8.74. The van der Waals surface area contributed by atoms with Crippen molar-refractivity contribution < 1.29 is 23.7 Å². The Morgan fingerprint density at radius 2 is 1.50 bits per heavy atom. The largest absolute Gasteiger partial charge is 0.493 e. The van der Waals surface area contributed by atoms with Gasteiger partial charge in [-0.1, -0.05) is 30.4 Å². The number of nitrogens with one attached hydrogen (secondary N) is 1. The van der Waals surface area contributed by atoms with Crippen LogP contribution in [0.25, 0.3) is 5.57 Å². The van der Waals surface area contributed by atoms with Crippen LogP contribution >= 0.6 is 0 Å². The number of hydrogen-bond acceptors (Lipinski definition) is 6. The molecule has 0 fully saturated rings. The highest BCUT2D eigenvalue weighted by atomic mass is 16.5. The molecule has 2 aromatic carbocycles. The molecule has 1 heterocycles. The van der Waals surface area contributed by atoms with E-state index >= 15 is 0 Å². The fraction of sp³-hybridized carbons (Fsp3) is 0.290. The van der Waals surface area contributed by atoms with Gasteiger partial charge >= 0.3 is 0 Å². The fourth-order valence-electron chi connectivity index (χ4n) is 4.12. The molecule has 200 valence electrons. The van der Waals surface area contributed by atoms with Crippen molar-refractivity contribution in [2.45, 2.75) is 32.2 Å². The lowest BCUT2D eigenvalue weighted by atomic mass is 9.96. The second-order valence-corrected chi connectivity index (χ2v) is 8.74.